The largest absolute Gasteiger partial charge is 0.416 e. The van der Waals surface area contributed by atoms with Crippen molar-refractivity contribution >= 4 is 0 Å². The first-order valence-corrected chi connectivity index (χ1v) is 4.97. The summed E-state index contributed by atoms with van der Waals surface area (Å²) < 4.78 is 37.5. The number of hydrogen-bond donors (Lipinski definition) is 1. The van der Waals surface area contributed by atoms with Crippen molar-refractivity contribution in [2.75, 3.05) is 6.61 Å². The lowest BCUT2D eigenvalue weighted by atomic mass is 9.95. The summed E-state index contributed by atoms with van der Waals surface area (Å²) in [6.07, 6.45) is -2.65. The fourth-order valence-corrected chi connectivity index (χ4v) is 1.85. The highest BCUT2D eigenvalue weighted by Crippen LogP contribution is 2.49. The molecule has 0 atom stereocenters. The quantitative estimate of drug-likeness (QED) is 0.811. The maximum absolute atomic E-state index is 12.5. The molecule has 1 aromatic rings. The molecular formula is C11H12F3NO. The molecule has 0 amide bonds. The van der Waals surface area contributed by atoms with Crippen LogP contribution in [-0.2, 0) is 16.4 Å². The summed E-state index contributed by atoms with van der Waals surface area (Å²) in [5, 5.41) is 0. The first-order chi connectivity index (χ1) is 7.48. The molecule has 0 bridgehead atoms. The van der Waals surface area contributed by atoms with Crippen molar-refractivity contribution < 1.29 is 18.0 Å². The average molecular weight is 231 g/mol. The Hall–Kier alpha value is -1.07. The first-order valence-electron chi connectivity index (χ1n) is 4.97. The highest BCUT2D eigenvalue weighted by atomic mass is 19.4. The van der Waals surface area contributed by atoms with Gasteiger partial charge < -0.3 is 4.84 Å². The van der Waals surface area contributed by atoms with E-state index in [1.165, 1.54) is 12.1 Å². The van der Waals surface area contributed by atoms with E-state index in [-0.39, 0.29) is 12.0 Å². The number of nitrogens with two attached hydrogens (primary N) is 1. The molecule has 1 saturated carbocycles. The molecule has 2 nitrogen and oxygen atoms in total. The molecule has 1 fully saturated rings. The van der Waals surface area contributed by atoms with E-state index in [2.05, 4.69) is 4.84 Å². The third-order valence-corrected chi connectivity index (χ3v) is 3.02. The highest BCUT2D eigenvalue weighted by Gasteiger charge is 2.45. The average Bonchev–Trinajstić information content (AvgIpc) is 2.99. The Labute approximate surface area is 91.2 Å². The van der Waals surface area contributed by atoms with Gasteiger partial charge in [-0.15, -0.1) is 0 Å². The molecule has 88 valence electrons. The van der Waals surface area contributed by atoms with Gasteiger partial charge in [0.2, 0.25) is 0 Å². The van der Waals surface area contributed by atoms with E-state index < -0.39 is 11.7 Å². The molecule has 0 aromatic heterocycles. The molecule has 2 rings (SSSR count). The van der Waals surface area contributed by atoms with Gasteiger partial charge in [0.1, 0.15) is 0 Å². The summed E-state index contributed by atoms with van der Waals surface area (Å²) in [5.41, 5.74) is -0.253. The van der Waals surface area contributed by atoms with Crippen LogP contribution in [0.5, 0.6) is 0 Å². The van der Waals surface area contributed by atoms with Gasteiger partial charge in [-0.2, -0.15) is 13.2 Å². The summed E-state index contributed by atoms with van der Waals surface area (Å²) in [6.45, 7) is 0.272. The van der Waals surface area contributed by atoms with Gasteiger partial charge in [0.05, 0.1) is 12.2 Å². The number of hydrogen-bond acceptors (Lipinski definition) is 2. The number of benzene rings is 1. The Balaban J connectivity index is 2.30. The maximum Gasteiger partial charge on any atom is 0.416 e. The summed E-state index contributed by atoms with van der Waals surface area (Å²) in [7, 11) is 0. The minimum absolute atomic E-state index is 0.272. The van der Waals surface area contributed by atoms with Gasteiger partial charge in [-0.05, 0) is 24.5 Å². The highest BCUT2D eigenvalue weighted by molar-refractivity contribution is 5.35. The lowest BCUT2D eigenvalue weighted by Gasteiger charge is -2.16. The number of rotatable bonds is 3. The van der Waals surface area contributed by atoms with Crippen LogP contribution in [0.15, 0.2) is 24.3 Å². The topological polar surface area (TPSA) is 35.2 Å². The zero-order valence-corrected chi connectivity index (χ0v) is 8.55. The van der Waals surface area contributed by atoms with Gasteiger partial charge in [-0.3, -0.25) is 0 Å². The lowest BCUT2D eigenvalue weighted by Crippen LogP contribution is -2.19. The van der Waals surface area contributed by atoms with Gasteiger partial charge in [-0.25, -0.2) is 5.90 Å². The lowest BCUT2D eigenvalue weighted by molar-refractivity contribution is -0.137. The molecule has 0 heterocycles. The summed E-state index contributed by atoms with van der Waals surface area (Å²) in [4.78, 5) is 4.57. The van der Waals surface area contributed by atoms with Crippen molar-refractivity contribution in [1.82, 2.24) is 0 Å². The molecule has 2 N–H and O–H groups in total. The summed E-state index contributed by atoms with van der Waals surface area (Å²) in [5.74, 6) is 4.99. The molecule has 5 heteroatoms. The second kappa shape index (κ2) is 3.75. The van der Waals surface area contributed by atoms with E-state index in [0.29, 0.717) is 5.56 Å². The number of halogens is 3. The molecule has 1 aliphatic rings. The molecule has 1 aromatic carbocycles. The van der Waals surface area contributed by atoms with E-state index in [0.717, 1.165) is 18.9 Å². The van der Waals surface area contributed by atoms with Crippen LogP contribution in [0.1, 0.15) is 24.0 Å². The monoisotopic (exact) mass is 231 g/mol. The van der Waals surface area contributed by atoms with Crippen molar-refractivity contribution in [1.29, 1.82) is 0 Å². The molecule has 0 aliphatic heterocycles. The smallest absolute Gasteiger partial charge is 0.304 e. The van der Waals surface area contributed by atoms with Crippen LogP contribution in [-0.4, -0.2) is 6.61 Å². The van der Waals surface area contributed by atoms with Gasteiger partial charge >= 0.3 is 6.18 Å². The normalized spacial score (nSPS) is 18.5. The van der Waals surface area contributed by atoms with E-state index in [1.54, 1.807) is 6.07 Å². The minimum atomic E-state index is -4.30. The van der Waals surface area contributed by atoms with Crippen molar-refractivity contribution in [3.8, 4) is 0 Å². The third kappa shape index (κ3) is 2.05. The predicted molar refractivity (Wildman–Crippen MR) is 52.5 cm³/mol. The summed E-state index contributed by atoms with van der Waals surface area (Å²) >= 11 is 0. The molecule has 0 unspecified atom stereocenters. The van der Waals surface area contributed by atoms with Crippen LogP contribution in [0.4, 0.5) is 13.2 Å². The van der Waals surface area contributed by atoms with Gasteiger partial charge in [0.15, 0.2) is 0 Å². The zero-order valence-electron chi connectivity index (χ0n) is 8.55. The molecule has 16 heavy (non-hydrogen) atoms. The fourth-order valence-electron chi connectivity index (χ4n) is 1.85. The Morgan fingerprint density at radius 3 is 2.50 bits per heavy atom. The minimum Gasteiger partial charge on any atom is -0.304 e. The van der Waals surface area contributed by atoms with E-state index in [9.17, 15) is 13.2 Å². The van der Waals surface area contributed by atoms with Crippen LogP contribution in [0.25, 0.3) is 0 Å². The first kappa shape index (κ1) is 11.4. The Morgan fingerprint density at radius 1 is 1.31 bits per heavy atom. The molecule has 0 radical (unpaired) electrons. The number of alkyl halides is 3. The standard InChI is InChI=1S/C11H12F3NO/c12-11(13,14)9-3-1-2-8(6-9)10(4-5-10)7-16-15/h1-3,6H,4-5,7,15H2. The molecule has 0 spiro atoms. The predicted octanol–water partition coefficient (Wildman–Crippen LogP) is 2.63. The van der Waals surface area contributed by atoms with Crippen molar-refractivity contribution in [3.63, 3.8) is 0 Å². The van der Waals surface area contributed by atoms with Gasteiger partial charge in [-0.1, -0.05) is 18.2 Å². The second-order valence-electron chi connectivity index (χ2n) is 4.17. The van der Waals surface area contributed by atoms with Crippen molar-refractivity contribution in [2.24, 2.45) is 5.90 Å². The molecule has 0 saturated heterocycles. The Kier molecular flexibility index (Phi) is 2.67. The van der Waals surface area contributed by atoms with Crippen LogP contribution < -0.4 is 5.90 Å². The third-order valence-electron chi connectivity index (χ3n) is 3.02. The van der Waals surface area contributed by atoms with Crippen molar-refractivity contribution in [3.05, 3.63) is 35.4 Å². The van der Waals surface area contributed by atoms with E-state index >= 15 is 0 Å². The van der Waals surface area contributed by atoms with Crippen LogP contribution in [0.2, 0.25) is 0 Å². The van der Waals surface area contributed by atoms with E-state index in [4.69, 9.17) is 5.90 Å². The zero-order chi connectivity index (χ0) is 11.8. The maximum atomic E-state index is 12.5. The molecular weight excluding hydrogens is 219 g/mol. The Bertz CT molecular complexity index is 385. The SMILES string of the molecule is NOCC1(c2cccc(C(F)(F)F)c2)CC1. The van der Waals surface area contributed by atoms with Gasteiger partial charge in [0, 0.05) is 5.41 Å². The van der Waals surface area contributed by atoms with Crippen LogP contribution in [0.3, 0.4) is 0 Å². The Morgan fingerprint density at radius 2 is 2.00 bits per heavy atom. The van der Waals surface area contributed by atoms with Crippen molar-refractivity contribution in [2.45, 2.75) is 24.4 Å². The van der Waals surface area contributed by atoms with Gasteiger partial charge in [0.25, 0.3) is 0 Å². The van der Waals surface area contributed by atoms with Crippen LogP contribution >= 0.6 is 0 Å². The molecule has 1 aliphatic carbocycles. The van der Waals surface area contributed by atoms with E-state index in [1.807, 2.05) is 0 Å². The summed E-state index contributed by atoms with van der Waals surface area (Å²) in [6, 6.07) is 5.38. The second-order valence-corrected chi connectivity index (χ2v) is 4.17. The van der Waals surface area contributed by atoms with Crippen LogP contribution in [0, 0.1) is 0 Å². The fraction of sp³-hybridized carbons (Fsp3) is 0.455.